The molecule has 0 saturated heterocycles. The average Bonchev–Trinajstić information content (AvgIpc) is 3.03. The maximum absolute atomic E-state index is 13.0. The average molecular weight is 355 g/mol. The first kappa shape index (κ1) is 14.9. The van der Waals surface area contributed by atoms with Gasteiger partial charge >= 0.3 is 0 Å². The summed E-state index contributed by atoms with van der Waals surface area (Å²) in [6.45, 7) is 2.59. The van der Waals surface area contributed by atoms with Crippen LogP contribution in [0.2, 0.25) is 0 Å². The van der Waals surface area contributed by atoms with E-state index in [4.69, 9.17) is 9.47 Å². The monoisotopic (exact) mass is 355 g/mol. The van der Waals surface area contributed by atoms with Gasteiger partial charge in [-0.05, 0) is 30.7 Å². The van der Waals surface area contributed by atoms with Crippen molar-refractivity contribution in [2.45, 2.75) is 25.6 Å². The fourth-order valence-electron chi connectivity index (χ4n) is 3.45. The number of hydrogen-bond donors (Lipinski definition) is 1. The summed E-state index contributed by atoms with van der Waals surface area (Å²) in [6.07, 6.45) is 2.30. The Kier molecular flexibility index (Phi) is 3.50. The van der Waals surface area contributed by atoms with Crippen LogP contribution in [0, 0.1) is 0 Å². The van der Waals surface area contributed by atoms with E-state index < -0.39 is 0 Å². The Morgan fingerprint density at radius 3 is 3.12 bits per heavy atom. The summed E-state index contributed by atoms with van der Waals surface area (Å²) < 4.78 is 13.4. The standard InChI is InChI=1S/C18H17N3O3S/c22-18-16-12-5-6-19-7-15(12)25-17(16)20-10-21(18)8-11-9-23-13-3-1-2-4-14(13)24-11/h1-4,10-11,19H,5-9H2/t11-/m1/s1. The van der Waals surface area contributed by atoms with Crippen LogP contribution >= 0.6 is 11.3 Å². The molecule has 6 nitrogen and oxygen atoms in total. The van der Waals surface area contributed by atoms with Gasteiger partial charge < -0.3 is 14.8 Å². The van der Waals surface area contributed by atoms with Crippen molar-refractivity contribution < 1.29 is 9.47 Å². The smallest absolute Gasteiger partial charge is 0.262 e. The Morgan fingerprint density at radius 1 is 1.32 bits per heavy atom. The van der Waals surface area contributed by atoms with Crippen molar-refractivity contribution in [1.29, 1.82) is 0 Å². The Bertz CT molecular complexity index is 1010. The van der Waals surface area contributed by atoms with Gasteiger partial charge in [0.15, 0.2) is 17.6 Å². The quantitative estimate of drug-likeness (QED) is 0.761. The third-order valence-corrected chi connectivity index (χ3v) is 5.81. The molecular weight excluding hydrogens is 338 g/mol. The second kappa shape index (κ2) is 5.86. The molecule has 2 aliphatic rings. The number of nitrogens with zero attached hydrogens (tertiary/aromatic N) is 2. The molecule has 0 unspecified atom stereocenters. The van der Waals surface area contributed by atoms with Crippen molar-refractivity contribution in [2.75, 3.05) is 13.2 Å². The van der Waals surface area contributed by atoms with Crippen LogP contribution in [0.5, 0.6) is 11.5 Å². The third kappa shape index (κ3) is 2.51. The molecule has 0 bridgehead atoms. The minimum Gasteiger partial charge on any atom is -0.486 e. The molecule has 0 saturated carbocycles. The minimum atomic E-state index is -0.206. The lowest BCUT2D eigenvalue weighted by molar-refractivity contribution is 0.0777. The number of thiophene rings is 1. The molecule has 1 atom stereocenters. The molecule has 128 valence electrons. The van der Waals surface area contributed by atoms with Crippen LogP contribution in [0.25, 0.3) is 10.2 Å². The van der Waals surface area contributed by atoms with Crippen LogP contribution < -0.4 is 20.3 Å². The second-order valence-corrected chi connectivity index (χ2v) is 7.39. The number of rotatable bonds is 2. The van der Waals surface area contributed by atoms with Crippen molar-refractivity contribution in [3.05, 3.63) is 51.4 Å². The van der Waals surface area contributed by atoms with Crippen LogP contribution in [0.1, 0.15) is 10.4 Å². The van der Waals surface area contributed by atoms with Crippen molar-refractivity contribution in [2.24, 2.45) is 0 Å². The fraction of sp³-hybridized carbons (Fsp3) is 0.333. The zero-order valence-electron chi connectivity index (χ0n) is 13.5. The molecule has 1 N–H and O–H groups in total. The van der Waals surface area contributed by atoms with E-state index in [1.165, 1.54) is 4.88 Å². The van der Waals surface area contributed by atoms with E-state index in [9.17, 15) is 4.79 Å². The molecule has 0 aliphatic carbocycles. The molecule has 5 rings (SSSR count). The van der Waals surface area contributed by atoms with E-state index in [-0.39, 0.29) is 11.7 Å². The summed E-state index contributed by atoms with van der Waals surface area (Å²) in [4.78, 5) is 19.6. The van der Waals surface area contributed by atoms with Gasteiger partial charge in [0, 0.05) is 11.4 Å². The van der Waals surface area contributed by atoms with Crippen molar-refractivity contribution in [1.82, 2.24) is 14.9 Å². The summed E-state index contributed by atoms with van der Waals surface area (Å²) in [6, 6.07) is 7.60. The van der Waals surface area contributed by atoms with Crippen molar-refractivity contribution in [3.8, 4) is 11.5 Å². The second-order valence-electron chi connectivity index (χ2n) is 6.31. The molecule has 3 aromatic rings. The van der Waals surface area contributed by atoms with Gasteiger partial charge in [0.05, 0.1) is 18.3 Å². The van der Waals surface area contributed by atoms with Gasteiger partial charge in [-0.1, -0.05) is 12.1 Å². The number of ether oxygens (including phenoxy) is 2. The van der Waals surface area contributed by atoms with Gasteiger partial charge in [-0.15, -0.1) is 11.3 Å². The highest BCUT2D eigenvalue weighted by Crippen LogP contribution is 2.32. The number of fused-ring (bicyclic) bond motifs is 4. The normalized spacial score (nSPS) is 19.0. The van der Waals surface area contributed by atoms with Gasteiger partial charge in [0.1, 0.15) is 11.4 Å². The molecule has 7 heteroatoms. The molecule has 2 aromatic heterocycles. The van der Waals surface area contributed by atoms with Crippen LogP contribution in [-0.4, -0.2) is 28.8 Å². The molecule has 0 radical (unpaired) electrons. The van der Waals surface area contributed by atoms with Crippen molar-refractivity contribution >= 4 is 21.6 Å². The van der Waals surface area contributed by atoms with E-state index in [1.54, 1.807) is 22.2 Å². The summed E-state index contributed by atoms with van der Waals surface area (Å²) in [5.41, 5.74) is 1.18. The summed E-state index contributed by atoms with van der Waals surface area (Å²) in [5, 5.41) is 4.13. The van der Waals surface area contributed by atoms with E-state index >= 15 is 0 Å². The highest BCUT2D eigenvalue weighted by atomic mass is 32.1. The lowest BCUT2D eigenvalue weighted by Gasteiger charge is -2.26. The van der Waals surface area contributed by atoms with E-state index in [0.29, 0.717) is 13.2 Å². The van der Waals surface area contributed by atoms with Gasteiger partial charge in [0.25, 0.3) is 5.56 Å². The van der Waals surface area contributed by atoms with Crippen LogP contribution in [0.3, 0.4) is 0 Å². The first-order chi connectivity index (χ1) is 12.3. The molecule has 0 amide bonds. The minimum absolute atomic E-state index is 0.0202. The van der Waals surface area contributed by atoms with Crippen LogP contribution in [0.4, 0.5) is 0 Å². The third-order valence-electron chi connectivity index (χ3n) is 4.67. The van der Waals surface area contributed by atoms with Gasteiger partial charge in [-0.25, -0.2) is 4.98 Å². The number of para-hydroxylation sites is 2. The SMILES string of the molecule is O=c1c2c3c(sc2ncn1C[C@@H]1COc2ccccc2O1)CNCC3. The van der Waals surface area contributed by atoms with E-state index in [0.717, 1.165) is 46.8 Å². The predicted molar refractivity (Wildman–Crippen MR) is 95.6 cm³/mol. The molecule has 0 fully saturated rings. The Hall–Kier alpha value is -2.38. The van der Waals surface area contributed by atoms with E-state index in [2.05, 4.69) is 10.3 Å². The molecule has 2 aliphatic heterocycles. The number of aromatic nitrogens is 2. The zero-order valence-corrected chi connectivity index (χ0v) is 14.3. The van der Waals surface area contributed by atoms with Crippen LogP contribution in [0.15, 0.2) is 35.4 Å². The maximum Gasteiger partial charge on any atom is 0.262 e. The number of benzene rings is 1. The van der Waals surface area contributed by atoms with Gasteiger partial charge in [-0.3, -0.25) is 9.36 Å². The fourth-order valence-corrected chi connectivity index (χ4v) is 4.60. The maximum atomic E-state index is 13.0. The highest BCUT2D eigenvalue weighted by molar-refractivity contribution is 7.18. The zero-order chi connectivity index (χ0) is 16.8. The Labute approximate surface area is 148 Å². The summed E-state index contributed by atoms with van der Waals surface area (Å²) in [7, 11) is 0. The first-order valence-corrected chi connectivity index (χ1v) is 9.20. The largest absolute Gasteiger partial charge is 0.486 e. The topological polar surface area (TPSA) is 65.4 Å². The number of hydrogen-bond acceptors (Lipinski definition) is 6. The molecule has 4 heterocycles. The molecule has 0 spiro atoms. The number of nitrogens with one attached hydrogen (secondary N) is 1. The Balaban J connectivity index is 1.48. The first-order valence-electron chi connectivity index (χ1n) is 8.38. The lowest BCUT2D eigenvalue weighted by Crippen LogP contribution is -2.36. The van der Waals surface area contributed by atoms with E-state index in [1.807, 2.05) is 24.3 Å². The Morgan fingerprint density at radius 2 is 2.20 bits per heavy atom. The van der Waals surface area contributed by atoms with Crippen LogP contribution in [-0.2, 0) is 19.5 Å². The lowest BCUT2D eigenvalue weighted by atomic mass is 10.1. The molecular formula is C18H17N3O3S. The van der Waals surface area contributed by atoms with Crippen molar-refractivity contribution in [3.63, 3.8) is 0 Å². The van der Waals surface area contributed by atoms with Gasteiger partial charge in [0.2, 0.25) is 0 Å². The molecule has 25 heavy (non-hydrogen) atoms. The summed E-state index contributed by atoms with van der Waals surface area (Å²) in [5.74, 6) is 1.47. The predicted octanol–water partition coefficient (Wildman–Crippen LogP) is 1.94. The highest BCUT2D eigenvalue weighted by Gasteiger charge is 2.24. The molecule has 1 aromatic carbocycles. The van der Waals surface area contributed by atoms with Gasteiger partial charge in [-0.2, -0.15) is 0 Å². The summed E-state index contributed by atoms with van der Waals surface area (Å²) >= 11 is 1.62.